The number of hydrogen-bond acceptors (Lipinski definition) is 4. The van der Waals surface area contributed by atoms with E-state index >= 15 is 0 Å². The van der Waals surface area contributed by atoms with Crippen molar-refractivity contribution < 1.29 is 24.5 Å². The van der Waals surface area contributed by atoms with Crippen molar-refractivity contribution in [2.45, 2.75) is 32.6 Å². The monoisotopic (exact) mass is 204 g/mol. The molecule has 0 fully saturated rings. The van der Waals surface area contributed by atoms with E-state index in [4.69, 9.17) is 5.11 Å². The van der Waals surface area contributed by atoms with Crippen LogP contribution < -0.4 is 0 Å². The summed E-state index contributed by atoms with van der Waals surface area (Å²) in [5.74, 6) is -1.55. The van der Waals surface area contributed by atoms with Crippen molar-refractivity contribution in [3.63, 3.8) is 0 Å². The van der Waals surface area contributed by atoms with Crippen LogP contribution in [0.25, 0.3) is 0 Å². The maximum absolute atomic E-state index is 11.2. The summed E-state index contributed by atoms with van der Waals surface area (Å²) in [5, 5.41) is 8.40. The zero-order valence-corrected chi connectivity index (χ0v) is 8.49. The predicted molar refractivity (Wildman–Crippen MR) is 48.4 cm³/mol. The van der Waals surface area contributed by atoms with E-state index in [0.29, 0.717) is 19.3 Å². The van der Waals surface area contributed by atoms with E-state index in [2.05, 4.69) is 9.78 Å². The van der Waals surface area contributed by atoms with Gasteiger partial charge < -0.3 is 5.11 Å². The summed E-state index contributed by atoms with van der Waals surface area (Å²) in [7, 11) is 1.27. The molecular formula is C9H16O5. The van der Waals surface area contributed by atoms with Crippen molar-refractivity contribution in [3.05, 3.63) is 0 Å². The first-order valence-electron chi connectivity index (χ1n) is 4.58. The van der Waals surface area contributed by atoms with Gasteiger partial charge in [0.1, 0.15) is 0 Å². The maximum Gasteiger partial charge on any atom is 0.345 e. The Morgan fingerprint density at radius 2 is 2.07 bits per heavy atom. The van der Waals surface area contributed by atoms with E-state index in [-0.39, 0.29) is 12.3 Å². The molecule has 0 bridgehead atoms. The van der Waals surface area contributed by atoms with Crippen molar-refractivity contribution in [2.75, 3.05) is 7.11 Å². The lowest BCUT2D eigenvalue weighted by atomic mass is 10.00. The Morgan fingerprint density at radius 3 is 2.50 bits per heavy atom. The summed E-state index contributed by atoms with van der Waals surface area (Å²) in [6.07, 6.45) is 1.70. The molecule has 82 valence electrons. The van der Waals surface area contributed by atoms with Gasteiger partial charge >= 0.3 is 11.9 Å². The fourth-order valence-corrected chi connectivity index (χ4v) is 1.14. The van der Waals surface area contributed by atoms with Crippen LogP contribution in [0.5, 0.6) is 0 Å². The van der Waals surface area contributed by atoms with Gasteiger partial charge in [0, 0.05) is 6.42 Å². The minimum atomic E-state index is -0.847. The molecule has 0 rings (SSSR count). The van der Waals surface area contributed by atoms with Gasteiger partial charge in [-0.05, 0) is 19.3 Å². The molecule has 0 saturated carbocycles. The first kappa shape index (κ1) is 12.9. The van der Waals surface area contributed by atoms with Crippen molar-refractivity contribution in [1.82, 2.24) is 0 Å². The van der Waals surface area contributed by atoms with Crippen molar-refractivity contribution in [3.8, 4) is 0 Å². The molecule has 0 aromatic heterocycles. The predicted octanol–water partition coefficient (Wildman–Crippen LogP) is 1.37. The highest BCUT2D eigenvalue weighted by Crippen LogP contribution is 2.14. The molecule has 0 aromatic carbocycles. The first-order chi connectivity index (χ1) is 6.61. The largest absolute Gasteiger partial charge is 0.481 e. The van der Waals surface area contributed by atoms with Gasteiger partial charge in [-0.25, -0.2) is 4.79 Å². The lowest BCUT2D eigenvalue weighted by Gasteiger charge is -2.10. The summed E-state index contributed by atoms with van der Waals surface area (Å²) in [5.41, 5.74) is 0. The molecule has 0 radical (unpaired) electrons. The second-order valence-electron chi connectivity index (χ2n) is 2.96. The number of carboxylic acids is 1. The molecule has 5 heteroatoms. The lowest BCUT2D eigenvalue weighted by molar-refractivity contribution is -0.259. The Balaban J connectivity index is 3.78. The average Bonchev–Trinajstić information content (AvgIpc) is 2.12. The van der Waals surface area contributed by atoms with Gasteiger partial charge in [-0.3, -0.25) is 9.68 Å². The highest BCUT2D eigenvalue weighted by molar-refractivity contribution is 5.72. The standard InChI is InChI=1S/C9H16O5/c1-3-7(9(12)14-13-2)5-4-6-8(10)11/h7H,3-6H2,1-2H3,(H,10,11). The third-order valence-electron chi connectivity index (χ3n) is 1.93. The van der Waals surface area contributed by atoms with E-state index in [0.717, 1.165) is 0 Å². The summed E-state index contributed by atoms with van der Waals surface area (Å²) >= 11 is 0. The van der Waals surface area contributed by atoms with Crippen LogP contribution >= 0.6 is 0 Å². The lowest BCUT2D eigenvalue weighted by Crippen LogP contribution is -2.17. The molecule has 5 nitrogen and oxygen atoms in total. The van der Waals surface area contributed by atoms with Crippen LogP contribution in [-0.4, -0.2) is 24.2 Å². The van der Waals surface area contributed by atoms with Crippen molar-refractivity contribution in [1.29, 1.82) is 0 Å². The molecule has 0 aliphatic heterocycles. The molecule has 0 aliphatic rings. The molecule has 0 aromatic rings. The molecule has 0 spiro atoms. The Labute approximate surface area is 82.9 Å². The van der Waals surface area contributed by atoms with E-state index in [9.17, 15) is 9.59 Å². The van der Waals surface area contributed by atoms with Crippen LogP contribution in [-0.2, 0) is 19.4 Å². The molecule has 0 heterocycles. The van der Waals surface area contributed by atoms with Gasteiger partial charge in [-0.2, -0.15) is 4.89 Å². The zero-order chi connectivity index (χ0) is 11.0. The second kappa shape index (κ2) is 7.32. The number of carbonyl (C=O) groups excluding carboxylic acids is 1. The third kappa shape index (κ3) is 5.53. The topological polar surface area (TPSA) is 72.8 Å². The molecule has 1 unspecified atom stereocenters. The maximum atomic E-state index is 11.2. The minimum Gasteiger partial charge on any atom is -0.481 e. The van der Waals surface area contributed by atoms with Gasteiger partial charge in [0.2, 0.25) is 0 Å². The highest BCUT2D eigenvalue weighted by Gasteiger charge is 2.18. The first-order valence-corrected chi connectivity index (χ1v) is 4.58. The summed E-state index contributed by atoms with van der Waals surface area (Å²) in [6, 6.07) is 0. The zero-order valence-electron chi connectivity index (χ0n) is 8.49. The van der Waals surface area contributed by atoms with E-state index < -0.39 is 11.9 Å². The second-order valence-corrected chi connectivity index (χ2v) is 2.96. The minimum absolute atomic E-state index is 0.0801. The molecular weight excluding hydrogens is 188 g/mol. The Hall–Kier alpha value is -1.10. The van der Waals surface area contributed by atoms with E-state index in [1.807, 2.05) is 6.92 Å². The van der Waals surface area contributed by atoms with Crippen molar-refractivity contribution in [2.24, 2.45) is 5.92 Å². The molecule has 0 amide bonds. The molecule has 14 heavy (non-hydrogen) atoms. The summed E-state index contributed by atoms with van der Waals surface area (Å²) in [4.78, 5) is 30.0. The van der Waals surface area contributed by atoms with Gasteiger partial charge in [-0.15, -0.1) is 0 Å². The van der Waals surface area contributed by atoms with Crippen LogP contribution in [0.15, 0.2) is 0 Å². The van der Waals surface area contributed by atoms with E-state index in [1.165, 1.54) is 7.11 Å². The molecule has 0 saturated heterocycles. The van der Waals surface area contributed by atoms with Crippen LogP contribution in [0, 0.1) is 5.92 Å². The van der Waals surface area contributed by atoms with Gasteiger partial charge in [0.05, 0.1) is 13.0 Å². The van der Waals surface area contributed by atoms with Crippen LogP contribution in [0.3, 0.4) is 0 Å². The normalized spacial score (nSPS) is 12.1. The smallest absolute Gasteiger partial charge is 0.345 e. The van der Waals surface area contributed by atoms with Crippen LogP contribution in [0.2, 0.25) is 0 Å². The van der Waals surface area contributed by atoms with Crippen LogP contribution in [0.4, 0.5) is 0 Å². The van der Waals surface area contributed by atoms with Gasteiger partial charge in [0.25, 0.3) is 0 Å². The fraction of sp³-hybridized carbons (Fsp3) is 0.778. The molecule has 0 aliphatic carbocycles. The quantitative estimate of drug-likeness (QED) is 0.501. The molecule has 1 atom stereocenters. The number of carbonyl (C=O) groups is 2. The highest BCUT2D eigenvalue weighted by atomic mass is 17.2. The fourth-order valence-electron chi connectivity index (χ4n) is 1.14. The van der Waals surface area contributed by atoms with E-state index in [1.54, 1.807) is 0 Å². The van der Waals surface area contributed by atoms with Gasteiger partial charge in [0.15, 0.2) is 0 Å². The molecule has 1 N–H and O–H groups in total. The number of carboxylic acid groups (broad SMARTS) is 1. The third-order valence-corrected chi connectivity index (χ3v) is 1.93. The Kier molecular flexibility index (Phi) is 6.74. The Morgan fingerprint density at radius 1 is 1.43 bits per heavy atom. The van der Waals surface area contributed by atoms with Crippen LogP contribution in [0.1, 0.15) is 32.6 Å². The number of rotatable bonds is 7. The average molecular weight is 204 g/mol. The Bertz CT molecular complexity index is 190. The summed E-state index contributed by atoms with van der Waals surface area (Å²) < 4.78 is 0. The number of aliphatic carboxylic acids is 1. The number of hydrogen-bond donors (Lipinski definition) is 1. The SMILES string of the molecule is CCC(CCCC(=O)O)C(=O)OOC. The summed E-state index contributed by atoms with van der Waals surface area (Å²) in [6.45, 7) is 1.85. The van der Waals surface area contributed by atoms with Gasteiger partial charge in [-0.1, -0.05) is 6.92 Å². The van der Waals surface area contributed by atoms with Crippen molar-refractivity contribution >= 4 is 11.9 Å².